The third-order valence-corrected chi connectivity index (χ3v) is 5.25. The Bertz CT molecular complexity index is 592. The van der Waals surface area contributed by atoms with Crippen molar-refractivity contribution in [3.63, 3.8) is 0 Å². The van der Waals surface area contributed by atoms with Gasteiger partial charge in [-0.2, -0.15) is 0 Å². The highest BCUT2D eigenvalue weighted by molar-refractivity contribution is 7.12. The molecule has 106 valence electrons. The number of rotatable bonds is 3. The standard InChI is InChI=1S/C17H20O2S/c1-11-7-8-14(19-2)13(9-11)17(18)16-10-12-5-3-4-6-15(12)20-16/h7-10,17-18H,3-6H2,1-2H3. The summed E-state index contributed by atoms with van der Waals surface area (Å²) in [5, 5.41) is 10.7. The summed E-state index contributed by atoms with van der Waals surface area (Å²) in [5.74, 6) is 0.759. The summed E-state index contributed by atoms with van der Waals surface area (Å²) >= 11 is 1.76. The van der Waals surface area contributed by atoms with Gasteiger partial charge in [0.15, 0.2) is 0 Å². The van der Waals surface area contributed by atoms with Crippen LogP contribution in [0.4, 0.5) is 0 Å². The van der Waals surface area contributed by atoms with Gasteiger partial charge in [-0.15, -0.1) is 11.3 Å². The van der Waals surface area contributed by atoms with Crippen LogP contribution in [0.15, 0.2) is 24.3 Å². The van der Waals surface area contributed by atoms with Crippen LogP contribution in [0, 0.1) is 6.92 Å². The van der Waals surface area contributed by atoms with Gasteiger partial charge in [0.1, 0.15) is 11.9 Å². The Morgan fingerprint density at radius 2 is 2.00 bits per heavy atom. The molecule has 1 aromatic heterocycles. The Balaban J connectivity index is 1.97. The van der Waals surface area contributed by atoms with Crippen molar-refractivity contribution in [3.05, 3.63) is 50.7 Å². The van der Waals surface area contributed by atoms with Crippen LogP contribution in [-0.2, 0) is 12.8 Å². The Kier molecular flexibility index (Phi) is 3.81. The zero-order valence-corrected chi connectivity index (χ0v) is 12.8. The molecular weight excluding hydrogens is 268 g/mol. The van der Waals surface area contributed by atoms with Gasteiger partial charge in [-0.25, -0.2) is 0 Å². The molecule has 1 aliphatic carbocycles. The molecular formula is C17H20O2S. The maximum atomic E-state index is 10.7. The van der Waals surface area contributed by atoms with E-state index in [2.05, 4.69) is 6.07 Å². The first-order valence-electron chi connectivity index (χ1n) is 7.13. The fraction of sp³-hybridized carbons (Fsp3) is 0.412. The second-order valence-corrected chi connectivity index (χ2v) is 6.62. The lowest BCUT2D eigenvalue weighted by molar-refractivity contribution is 0.218. The van der Waals surface area contributed by atoms with Crippen LogP contribution in [-0.4, -0.2) is 12.2 Å². The molecule has 1 aromatic carbocycles. The Morgan fingerprint density at radius 1 is 1.20 bits per heavy atom. The highest BCUT2D eigenvalue weighted by Crippen LogP contribution is 2.38. The summed E-state index contributed by atoms with van der Waals surface area (Å²) in [7, 11) is 1.65. The zero-order chi connectivity index (χ0) is 14.1. The van der Waals surface area contributed by atoms with Crippen LogP contribution >= 0.6 is 11.3 Å². The van der Waals surface area contributed by atoms with Crippen molar-refractivity contribution in [3.8, 4) is 5.75 Å². The Morgan fingerprint density at radius 3 is 2.75 bits per heavy atom. The van der Waals surface area contributed by atoms with Crippen molar-refractivity contribution in [2.75, 3.05) is 7.11 Å². The minimum absolute atomic E-state index is 0.583. The van der Waals surface area contributed by atoms with Crippen LogP contribution in [0.2, 0.25) is 0 Å². The fourth-order valence-corrected chi connectivity index (χ4v) is 4.13. The molecule has 3 heteroatoms. The second kappa shape index (κ2) is 5.58. The van der Waals surface area contributed by atoms with Crippen molar-refractivity contribution in [1.82, 2.24) is 0 Å². The molecule has 2 aromatic rings. The third kappa shape index (κ3) is 2.48. The SMILES string of the molecule is COc1ccc(C)cc1C(O)c1cc2c(s1)CCCC2. The summed E-state index contributed by atoms with van der Waals surface area (Å²) in [6.45, 7) is 2.04. The molecule has 0 amide bonds. The molecule has 0 saturated heterocycles. The predicted octanol–water partition coefficient (Wildman–Crippen LogP) is 4.03. The fourth-order valence-electron chi connectivity index (χ4n) is 2.87. The van der Waals surface area contributed by atoms with E-state index < -0.39 is 6.10 Å². The number of aliphatic hydroxyl groups excluding tert-OH is 1. The molecule has 0 spiro atoms. The van der Waals surface area contributed by atoms with E-state index in [0.29, 0.717) is 0 Å². The van der Waals surface area contributed by atoms with E-state index in [1.807, 2.05) is 25.1 Å². The van der Waals surface area contributed by atoms with Gasteiger partial charge in [0.2, 0.25) is 0 Å². The van der Waals surface area contributed by atoms with E-state index >= 15 is 0 Å². The molecule has 0 radical (unpaired) electrons. The minimum Gasteiger partial charge on any atom is -0.496 e. The average Bonchev–Trinajstić information content (AvgIpc) is 2.90. The van der Waals surface area contributed by atoms with Crippen LogP contribution < -0.4 is 4.74 Å². The quantitative estimate of drug-likeness (QED) is 0.924. The highest BCUT2D eigenvalue weighted by atomic mass is 32.1. The monoisotopic (exact) mass is 288 g/mol. The number of aryl methyl sites for hydroxylation is 3. The van der Waals surface area contributed by atoms with E-state index in [0.717, 1.165) is 34.6 Å². The normalized spacial score (nSPS) is 15.8. The topological polar surface area (TPSA) is 29.5 Å². The lowest BCUT2D eigenvalue weighted by Gasteiger charge is -2.14. The van der Waals surface area contributed by atoms with Gasteiger partial charge in [-0.05, 0) is 56.4 Å². The Labute approximate surface area is 124 Å². The number of fused-ring (bicyclic) bond motifs is 1. The molecule has 1 atom stereocenters. The van der Waals surface area contributed by atoms with E-state index in [9.17, 15) is 5.11 Å². The molecule has 1 unspecified atom stereocenters. The van der Waals surface area contributed by atoms with Gasteiger partial charge in [0.25, 0.3) is 0 Å². The summed E-state index contributed by atoms with van der Waals surface area (Å²) in [4.78, 5) is 2.50. The van der Waals surface area contributed by atoms with E-state index in [-0.39, 0.29) is 0 Å². The van der Waals surface area contributed by atoms with Crippen molar-refractivity contribution in [2.45, 2.75) is 38.7 Å². The van der Waals surface area contributed by atoms with Gasteiger partial charge in [-0.1, -0.05) is 11.6 Å². The van der Waals surface area contributed by atoms with Crippen LogP contribution in [0.3, 0.4) is 0 Å². The largest absolute Gasteiger partial charge is 0.496 e. The van der Waals surface area contributed by atoms with Gasteiger partial charge >= 0.3 is 0 Å². The first-order chi connectivity index (χ1) is 9.69. The van der Waals surface area contributed by atoms with Crippen LogP contribution in [0.1, 0.15) is 45.4 Å². The lowest BCUT2D eigenvalue weighted by Crippen LogP contribution is -2.01. The first kappa shape index (κ1) is 13.7. The number of hydrogen-bond acceptors (Lipinski definition) is 3. The molecule has 1 heterocycles. The molecule has 0 saturated carbocycles. The van der Waals surface area contributed by atoms with Crippen molar-refractivity contribution >= 4 is 11.3 Å². The van der Waals surface area contributed by atoms with Crippen LogP contribution in [0.25, 0.3) is 0 Å². The number of aliphatic hydroxyl groups is 1. The molecule has 0 fully saturated rings. The number of methoxy groups -OCH3 is 1. The lowest BCUT2D eigenvalue weighted by atomic mass is 9.98. The Hall–Kier alpha value is -1.32. The first-order valence-corrected chi connectivity index (χ1v) is 7.95. The molecule has 0 aliphatic heterocycles. The average molecular weight is 288 g/mol. The number of benzene rings is 1. The van der Waals surface area contributed by atoms with E-state index in [1.54, 1.807) is 18.4 Å². The molecule has 1 N–H and O–H groups in total. The summed E-state index contributed by atoms with van der Waals surface area (Å²) in [6.07, 6.45) is 4.28. The molecule has 2 nitrogen and oxygen atoms in total. The maximum Gasteiger partial charge on any atom is 0.125 e. The molecule has 20 heavy (non-hydrogen) atoms. The maximum absolute atomic E-state index is 10.7. The van der Waals surface area contributed by atoms with Crippen molar-refractivity contribution in [1.29, 1.82) is 0 Å². The van der Waals surface area contributed by atoms with E-state index in [4.69, 9.17) is 4.74 Å². The smallest absolute Gasteiger partial charge is 0.125 e. The van der Waals surface area contributed by atoms with Gasteiger partial charge in [0, 0.05) is 15.3 Å². The van der Waals surface area contributed by atoms with Crippen molar-refractivity contribution < 1.29 is 9.84 Å². The highest BCUT2D eigenvalue weighted by Gasteiger charge is 2.21. The minimum atomic E-state index is -0.583. The predicted molar refractivity (Wildman–Crippen MR) is 82.8 cm³/mol. The van der Waals surface area contributed by atoms with Gasteiger partial charge < -0.3 is 9.84 Å². The number of thiophene rings is 1. The molecule has 0 bridgehead atoms. The second-order valence-electron chi connectivity index (χ2n) is 5.45. The summed E-state index contributed by atoms with van der Waals surface area (Å²) in [5.41, 5.74) is 3.44. The molecule has 3 rings (SSSR count). The van der Waals surface area contributed by atoms with Gasteiger partial charge in [0.05, 0.1) is 7.11 Å². The molecule has 1 aliphatic rings. The van der Waals surface area contributed by atoms with Gasteiger partial charge in [-0.3, -0.25) is 0 Å². The zero-order valence-electron chi connectivity index (χ0n) is 12.0. The summed E-state index contributed by atoms with van der Waals surface area (Å²) < 4.78 is 5.39. The third-order valence-electron chi connectivity index (χ3n) is 3.96. The summed E-state index contributed by atoms with van der Waals surface area (Å²) in [6, 6.07) is 8.14. The van der Waals surface area contributed by atoms with Crippen LogP contribution in [0.5, 0.6) is 5.75 Å². The van der Waals surface area contributed by atoms with E-state index in [1.165, 1.54) is 23.3 Å². The number of hydrogen-bond donors (Lipinski definition) is 1. The number of ether oxygens (including phenoxy) is 1. The van der Waals surface area contributed by atoms with Crippen molar-refractivity contribution in [2.24, 2.45) is 0 Å².